The lowest BCUT2D eigenvalue weighted by molar-refractivity contribution is 0.0543. The monoisotopic (exact) mass is 240 g/mol. The van der Waals surface area contributed by atoms with Gasteiger partial charge in [0, 0.05) is 19.1 Å². The molecule has 4 nitrogen and oxygen atoms in total. The summed E-state index contributed by atoms with van der Waals surface area (Å²) in [5.74, 6) is 0. The molecular formula is C13H24N2O2. The summed E-state index contributed by atoms with van der Waals surface area (Å²) < 4.78 is 5.47. The number of alkyl carbamates (subject to hydrolysis) is 1. The van der Waals surface area contributed by atoms with Crippen LogP contribution in [0, 0.1) is 0 Å². The quantitative estimate of drug-likeness (QED) is 0.804. The van der Waals surface area contributed by atoms with Gasteiger partial charge in [-0.05, 0) is 32.7 Å². The summed E-state index contributed by atoms with van der Waals surface area (Å²) in [6, 6.07) is 0.350. The molecule has 4 heteroatoms. The average molecular weight is 240 g/mol. The molecule has 17 heavy (non-hydrogen) atoms. The van der Waals surface area contributed by atoms with E-state index in [2.05, 4.69) is 17.3 Å². The minimum atomic E-state index is -0.202. The van der Waals surface area contributed by atoms with Crippen LogP contribution in [-0.4, -0.2) is 43.3 Å². The van der Waals surface area contributed by atoms with Gasteiger partial charge in [-0.2, -0.15) is 0 Å². The summed E-state index contributed by atoms with van der Waals surface area (Å²) in [6.07, 6.45) is 7.86. The van der Waals surface area contributed by atoms with Crippen molar-refractivity contribution in [1.82, 2.24) is 10.2 Å². The van der Waals surface area contributed by atoms with Gasteiger partial charge in [-0.15, -0.1) is 0 Å². The molecule has 1 amide bonds. The Morgan fingerprint density at radius 1 is 1.12 bits per heavy atom. The van der Waals surface area contributed by atoms with Crippen molar-refractivity contribution in [3.05, 3.63) is 0 Å². The van der Waals surface area contributed by atoms with E-state index >= 15 is 0 Å². The zero-order valence-corrected chi connectivity index (χ0v) is 10.8. The first kappa shape index (κ1) is 12.7. The third-order valence-electron chi connectivity index (χ3n) is 3.87. The van der Waals surface area contributed by atoms with E-state index in [-0.39, 0.29) is 12.2 Å². The van der Waals surface area contributed by atoms with Crippen LogP contribution in [0.4, 0.5) is 4.79 Å². The van der Waals surface area contributed by atoms with E-state index in [0.29, 0.717) is 6.04 Å². The fourth-order valence-electron chi connectivity index (χ4n) is 2.70. The van der Waals surface area contributed by atoms with E-state index in [0.717, 1.165) is 38.8 Å². The molecule has 0 aromatic carbocycles. The van der Waals surface area contributed by atoms with Crippen molar-refractivity contribution in [2.45, 2.75) is 57.1 Å². The van der Waals surface area contributed by atoms with Crippen LogP contribution in [0.25, 0.3) is 0 Å². The van der Waals surface area contributed by atoms with E-state index in [1.54, 1.807) is 0 Å². The number of carbonyl (C=O) groups is 1. The summed E-state index contributed by atoms with van der Waals surface area (Å²) in [6.45, 7) is 2.06. The zero-order valence-electron chi connectivity index (χ0n) is 10.8. The molecule has 1 N–H and O–H groups in total. The van der Waals surface area contributed by atoms with Crippen LogP contribution < -0.4 is 5.32 Å². The number of nitrogens with zero attached hydrogens (tertiary/aromatic N) is 1. The standard InChI is InChI=1S/C13H24N2O2/c1-15-9-7-12(8-10-15)17-13(16)14-11-5-3-2-4-6-11/h11-12H,2-10H2,1H3,(H,14,16). The average Bonchev–Trinajstić information content (AvgIpc) is 2.33. The maximum atomic E-state index is 11.7. The van der Waals surface area contributed by atoms with Gasteiger partial charge in [0.2, 0.25) is 0 Å². The van der Waals surface area contributed by atoms with Crippen LogP contribution in [0.2, 0.25) is 0 Å². The van der Waals surface area contributed by atoms with Crippen LogP contribution in [0.1, 0.15) is 44.9 Å². The smallest absolute Gasteiger partial charge is 0.407 e. The number of hydrogen-bond donors (Lipinski definition) is 1. The molecule has 2 aliphatic rings. The van der Waals surface area contributed by atoms with E-state index in [1.165, 1.54) is 19.3 Å². The summed E-state index contributed by atoms with van der Waals surface area (Å²) in [5.41, 5.74) is 0. The summed E-state index contributed by atoms with van der Waals surface area (Å²) in [5, 5.41) is 3.00. The molecule has 1 saturated heterocycles. The second-order valence-corrected chi connectivity index (χ2v) is 5.39. The van der Waals surface area contributed by atoms with Gasteiger partial charge in [0.15, 0.2) is 0 Å². The van der Waals surface area contributed by atoms with Crippen LogP contribution in [0.5, 0.6) is 0 Å². The highest BCUT2D eigenvalue weighted by Gasteiger charge is 2.22. The number of ether oxygens (including phenoxy) is 1. The highest BCUT2D eigenvalue weighted by atomic mass is 16.6. The Labute approximate surface area is 104 Å². The lowest BCUT2D eigenvalue weighted by Crippen LogP contribution is -2.41. The maximum absolute atomic E-state index is 11.7. The minimum Gasteiger partial charge on any atom is -0.446 e. The van der Waals surface area contributed by atoms with E-state index < -0.39 is 0 Å². The molecule has 1 saturated carbocycles. The first-order valence-corrected chi connectivity index (χ1v) is 6.90. The van der Waals surface area contributed by atoms with Crippen LogP contribution in [0.15, 0.2) is 0 Å². The fourth-order valence-corrected chi connectivity index (χ4v) is 2.70. The molecule has 0 aromatic heterocycles. The van der Waals surface area contributed by atoms with Crippen molar-refractivity contribution in [1.29, 1.82) is 0 Å². The summed E-state index contributed by atoms with van der Waals surface area (Å²) in [4.78, 5) is 14.0. The molecule has 0 atom stereocenters. The van der Waals surface area contributed by atoms with Gasteiger partial charge < -0.3 is 15.0 Å². The Kier molecular flexibility index (Phi) is 4.66. The van der Waals surface area contributed by atoms with Gasteiger partial charge in [-0.1, -0.05) is 19.3 Å². The lowest BCUT2D eigenvalue weighted by atomic mass is 9.96. The predicted molar refractivity (Wildman–Crippen MR) is 67.0 cm³/mol. The minimum absolute atomic E-state index is 0.120. The first-order chi connectivity index (χ1) is 8.24. The number of nitrogens with one attached hydrogen (secondary N) is 1. The number of rotatable bonds is 2. The summed E-state index contributed by atoms with van der Waals surface area (Å²) in [7, 11) is 2.11. The molecule has 1 aliphatic carbocycles. The van der Waals surface area contributed by atoms with Crippen molar-refractivity contribution >= 4 is 6.09 Å². The number of hydrogen-bond acceptors (Lipinski definition) is 3. The number of piperidine rings is 1. The number of amides is 1. The normalized spacial score (nSPS) is 24.5. The lowest BCUT2D eigenvalue weighted by Gasteiger charge is -2.29. The van der Waals surface area contributed by atoms with Crippen LogP contribution >= 0.6 is 0 Å². The molecule has 0 bridgehead atoms. The Morgan fingerprint density at radius 3 is 2.41 bits per heavy atom. The van der Waals surface area contributed by atoms with Gasteiger partial charge in [0.05, 0.1) is 0 Å². The third-order valence-corrected chi connectivity index (χ3v) is 3.87. The Morgan fingerprint density at radius 2 is 1.76 bits per heavy atom. The van der Waals surface area contributed by atoms with Crippen LogP contribution in [0.3, 0.4) is 0 Å². The molecule has 0 spiro atoms. The maximum Gasteiger partial charge on any atom is 0.407 e. The second-order valence-electron chi connectivity index (χ2n) is 5.39. The van der Waals surface area contributed by atoms with Gasteiger partial charge >= 0.3 is 6.09 Å². The Bertz CT molecular complexity index is 244. The van der Waals surface area contributed by atoms with Gasteiger partial charge in [0.25, 0.3) is 0 Å². The SMILES string of the molecule is CN1CCC(OC(=O)NC2CCCCC2)CC1. The highest BCUT2D eigenvalue weighted by Crippen LogP contribution is 2.18. The molecule has 1 aliphatic heterocycles. The van der Waals surface area contributed by atoms with Crippen molar-refractivity contribution in [2.24, 2.45) is 0 Å². The van der Waals surface area contributed by atoms with Crippen molar-refractivity contribution in [3.8, 4) is 0 Å². The van der Waals surface area contributed by atoms with Gasteiger partial charge in [0.1, 0.15) is 6.10 Å². The Balaban J connectivity index is 1.66. The van der Waals surface area contributed by atoms with E-state index in [9.17, 15) is 4.79 Å². The fraction of sp³-hybridized carbons (Fsp3) is 0.923. The highest BCUT2D eigenvalue weighted by molar-refractivity contribution is 5.67. The predicted octanol–water partition coefficient (Wildman–Crippen LogP) is 2.14. The zero-order chi connectivity index (χ0) is 12.1. The molecular weight excluding hydrogens is 216 g/mol. The van der Waals surface area contributed by atoms with E-state index in [1.807, 2.05) is 0 Å². The molecule has 0 unspecified atom stereocenters. The van der Waals surface area contributed by atoms with Crippen molar-refractivity contribution in [3.63, 3.8) is 0 Å². The molecule has 0 radical (unpaired) electrons. The molecule has 1 heterocycles. The van der Waals surface area contributed by atoms with Crippen LogP contribution in [-0.2, 0) is 4.74 Å². The number of likely N-dealkylation sites (tertiary alicyclic amines) is 1. The molecule has 98 valence electrons. The van der Waals surface area contributed by atoms with Crippen molar-refractivity contribution < 1.29 is 9.53 Å². The first-order valence-electron chi connectivity index (χ1n) is 6.90. The van der Waals surface area contributed by atoms with Gasteiger partial charge in [-0.25, -0.2) is 4.79 Å². The largest absolute Gasteiger partial charge is 0.446 e. The Hall–Kier alpha value is -0.770. The van der Waals surface area contributed by atoms with E-state index in [4.69, 9.17) is 4.74 Å². The van der Waals surface area contributed by atoms with Crippen molar-refractivity contribution in [2.75, 3.05) is 20.1 Å². The van der Waals surface area contributed by atoms with Gasteiger partial charge in [-0.3, -0.25) is 0 Å². The molecule has 2 rings (SSSR count). The molecule has 2 fully saturated rings. The third kappa shape index (κ3) is 4.19. The number of carbonyl (C=O) groups excluding carboxylic acids is 1. The topological polar surface area (TPSA) is 41.6 Å². The summed E-state index contributed by atoms with van der Waals surface area (Å²) >= 11 is 0. The molecule has 0 aromatic rings. The second kappa shape index (κ2) is 6.24.